The Morgan fingerprint density at radius 1 is 1.43 bits per heavy atom. The summed E-state index contributed by atoms with van der Waals surface area (Å²) in [5.41, 5.74) is 1.04. The zero-order valence-electron chi connectivity index (χ0n) is 12.9. The van der Waals surface area contributed by atoms with E-state index < -0.39 is 5.97 Å². The number of carbonyl (C=O) groups is 1. The molecule has 116 valence electrons. The van der Waals surface area contributed by atoms with E-state index in [2.05, 4.69) is 18.9 Å². The molecule has 0 atom stereocenters. The molecule has 0 radical (unpaired) electrons. The molecule has 3 nitrogen and oxygen atoms in total. The van der Waals surface area contributed by atoms with E-state index >= 15 is 0 Å². The molecular weight excluding hydrogens is 282 g/mol. The Morgan fingerprint density at radius 3 is 2.76 bits per heavy atom. The predicted molar refractivity (Wildman–Crippen MR) is 88.5 cm³/mol. The van der Waals surface area contributed by atoms with Crippen molar-refractivity contribution in [3.8, 4) is 0 Å². The van der Waals surface area contributed by atoms with Crippen molar-refractivity contribution < 1.29 is 9.90 Å². The van der Waals surface area contributed by atoms with Gasteiger partial charge in [0.1, 0.15) is 0 Å². The number of nitrogens with zero attached hydrogens (tertiary/aromatic N) is 1. The first-order valence-corrected chi connectivity index (χ1v) is 8.65. The van der Waals surface area contributed by atoms with Gasteiger partial charge in [0.25, 0.3) is 0 Å². The van der Waals surface area contributed by atoms with Gasteiger partial charge in [0.05, 0.1) is 0 Å². The Morgan fingerprint density at radius 2 is 2.14 bits per heavy atom. The molecule has 0 aromatic carbocycles. The number of hydrogen-bond donors (Lipinski definition) is 1. The standard InChI is InChI=1S/C17H25NO2S/c1-3-13-4-7-15(8-5-13)18(2)12-16-14(10-11-21-16)6-9-17(19)20/h6,9-11,13,15H,3-5,7-8,12H2,1-2H3,(H,19,20). The molecule has 1 N–H and O–H groups in total. The van der Waals surface area contributed by atoms with Crippen molar-refractivity contribution in [1.29, 1.82) is 0 Å². The predicted octanol–water partition coefficient (Wildman–Crippen LogP) is 4.25. The summed E-state index contributed by atoms with van der Waals surface area (Å²) in [7, 11) is 2.20. The Labute approximate surface area is 131 Å². The van der Waals surface area contributed by atoms with E-state index in [1.165, 1.54) is 43.1 Å². The zero-order valence-corrected chi connectivity index (χ0v) is 13.7. The highest BCUT2D eigenvalue weighted by Crippen LogP contribution is 2.30. The van der Waals surface area contributed by atoms with Gasteiger partial charge in [0, 0.05) is 23.5 Å². The van der Waals surface area contributed by atoms with E-state index in [0.29, 0.717) is 6.04 Å². The maximum absolute atomic E-state index is 10.6. The fourth-order valence-corrected chi connectivity index (χ4v) is 4.07. The molecule has 2 rings (SSSR count). The van der Waals surface area contributed by atoms with Crippen molar-refractivity contribution in [1.82, 2.24) is 4.90 Å². The number of carboxylic acid groups (broad SMARTS) is 1. The average Bonchev–Trinajstić information content (AvgIpc) is 2.92. The van der Waals surface area contributed by atoms with Gasteiger partial charge < -0.3 is 5.11 Å². The van der Waals surface area contributed by atoms with Gasteiger partial charge in [0.15, 0.2) is 0 Å². The van der Waals surface area contributed by atoms with Crippen LogP contribution < -0.4 is 0 Å². The molecular formula is C17H25NO2S. The normalized spacial score (nSPS) is 23.0. The lowest BCUT2D eigenvalue weighted by Gasteiger charge is -2.34. The lowest BCUT2D eigenvalue weighted by atomic mass is 9.84. The average molecular weight is 307 g/mol. The topological polar surface area (TPSA) is 40.5 Å². The summed E-state index contributed by atoms with van der Waals surface area (Å²) in [5.74, 6) is 0.0313. The molecule has 21 heavy (non-hydrogen) atoms. The molecule has 1 fully saturated rings. The Bertz CT molecular complexity index is 487. The molecule has 1 saturated carbocycles. The second kappa shape index (κ2) is 7.76. The van der Waals surface area contributed by atoms with Crippen LogP contribution in [0.4, 0.5) is 0 Å². The van der Waals surface area contributed by atoms with Gasteiger partial charge in [0.2, 0.25) is 0 Å². The minimum Gasteiger partial charge on any atom is -0.478 e. The van der Waals surface area contributed by atoms with E-state index in [1.807, 2.05) is 11.4 Å². The van der Waals surface area contributed by atoms with Crippen LogP contribution in [0.15, 0.2) is 17.5 Å². The fraction of sp³-hybridized carbons (Fsp3) is 0.588. The van der Waals surface area contributed by atoms with Crippen LogP contribution in [0.3, 0.4) is 0 Å². The largest absolute Gasteiger partial charge is 0.478 e. The van der Waals surface area contributed by atoms with Crippen LogP contribution in [-0.2, 0) is 11.3 Å². The molecule has 1 aliphatic carbocycles. The van der Waals surface area contributed by atoms with Crippen molar-refractivity contribution in [3.63, 3.8) is 0 Å². The number of carboxylic acids is 1. The van der Waals surface area contributed by atoms with E-state index in [1.54, 1.807) is 17.4 Å². The molecule has 0 bridgehead atoms. The van der Waals surface area contributed by atoms with Crippen LogP contribution in [0.5, 0.6) is 0 Å². The number of aliphatic carboxylic acids is 1. The van der Waals surface area contributed by atoms with Crippen molar-refractivity contribution >= 4 is 23.4 Å². The zero-order chi connectivity index (χ0) is 15.2. The molecule has 1 aliphatic rings. The SMILES string of the molecule is CCC1CCC(N(C)Cc2sccc2C=CC(=O)O)CC1. The summed E-state index contributed by atoms with van der Waals surface area (Å²) in [6.45, 7) is 3.21. The lowest BCUT2D eigenvalue weighted by molar-refractivity contribution is -0.131. The Balaban J connectivity index is 1.93. The van der Waals surface area contributed by atoms with Gasteiger partial charge in [-0.15, -0.1) is 11.3 Å². The minimum atomic E-state index is -0.890. The minimum absolute atomic E-state index is 0.672. The quantitative estimate of drug-likeness (QED) is 0.799. The van der Waals surface area contributed by atoms with Gasteiger partial charge >= 0.3 is 5.97 Å². The van der Waals surface area contributed by atoms with Gasteiger partial charge in [-0.3, -0.25) is 4.90 Å². The maximum Gasteiger partial charge on any atom is 0.328 e. The molecule has 1 aromatic rings. The van der Waals surface area contributed by atoms with Gasteiger partial charge in [-0.1, -0.05) is 13.3 Å². The molecule has 0 aliphatic heterocycles. The molecule has 1 heterocycles. The van der Waals surface area contributed by atoms with E-state index in [4.69, 9.17) is 5.11 Å². The number of thiophene rings is 1. The van der Waals surface area contributed by atoms with Crippen LogP contribution in [0.2, 0.25) is 0 Å². The van der Waals surface area contributed by atoms with Crippen LogP contribution in [-0.4, -0.2) is 29.1 Å². The number of rotatable bonds is 6. The summed E-state index contributed by atoms with van der Waals surface area (Å²) in [6.07, 6.45) is 9.52. The number of hydrogen-bond acceptors (Lipinski definition) is 3. The Kier molecular flexibility index (Phi) is 6.00. The maximum atomic E-state index is 10.6. The van der Waals surface area contributed by atoms with Crippen molar-refractivity contribution in [2.45, 2.75) is 51.6 Å². The summed E-state index contributed by atoms with van der Waals surface area (Å²) >= 11 is 1.71. The van der Waals surface area contributed by atoms with Crippen LogP contribution >= 0.6 is 11.3 Å². The molecule has 4 heteroatoms. The summed E-state index contributed by atoms with van der Waals surface area (Å²) < 4.78 is 0. The third kappa shape index (κ3) is 4.68. The summed E-state index contributed by atoms with van der Waals surface area (Å²) in [5, 5.41) is 10.8. The highest BCUT2D eigenvalue weighted by atomic mass is 32.1. The molecule has 0 spiro atoms. The fourth-order valence-electron chi connectivity index (χ4n) is 3.14. The van der Waals surface area contributed by atoms with Gasteiger partial charge in [-0.05, 0) is 61.7 Å². The van der Waals surface area contributed by atoms with E-state index in [9.17, 15) is 4.79 Å². The van der Waals surface area contributed by atoms with Crippen LogP contribution in [0.25, 0.3) is 6.08 Å². The van der Waals surface area contributed by atoms with E-state index in [0.717, 1.165) is 18.0 Å². The molecule has 0 amide bonds. The van der Waals surface area contributed by atoms with Crippen molar-refractivity contribution in [3.05, 3.63) is 28.0 Å². The van der Waals surface area contributed by atoms with Crippen molar-refractivity contribution in [2.75, 3.05) is 7.05 Å². The smallest absolute Gasteiger partial charge is 0.328 e. The summed E-state index contributed by atoms with van der Waals surface area (Å²) in [6, 6.07) is 2.67. The van der Waals surface area contributed by atoms with Crippen LogP contribution in [0.1, 0.15) is 49.5 Å². The first kappa shape index (κ1) is 16.2. The molecule has 1 aromatic heterocycles. The third-order valence-electron chi connectivity index (χ3n) is 4.60. The highest BCUT2D eigenvalue weighted by molar-refractivity contribution is 7.10. The van der Waals surface area contributed by atoms with Gasteiger partial charge in [-0.25, -0.2) is 4.79 Å². The summed E-state index contributed by atoms with van der Waals surface area (Å²) in [4.78, 5) is 14.3. The Hall–Kier alpha value is -1.13. The molecule has 0 unspecified atom stereocenters. The lowest BCUT2D eigenvalue weighted by Crippen LogP contribution is -2.34. The van der Waals surface area contributed by atoms with Crippen molar-refractivity contribution in [2.24, 2.45) is 5.92 Å². The monoisotopic (exact) mass is 307 g/mol. The molecule has 0 saturated heterocycles. The second-order valence-corrected chi connectivity index (χ2v) is 6.97. The van der Waals surface area contributed by atoms with Gasteiger partial charge in [-0.2, -0.15) is 0 Å². The first-order chi connectivity index (χ1) is 10.1. The van der Waals surface area contributed by atoms with E-state index in [-0.39, 0.29) is 0 Å². The highest BCUT2D eigenvalue weighted by Gasteiger charge is 2.23. The third-order valence-corrected chi connectivity index (χ3v) is 5.52. The second-order valence-electron chi connectivity index (χ2n) is 5.97. The van der Waals surface area contributed by atoms with Crippen LogP contribution in [0, 0.1) is 5.92 Å². The first-order valence-electron chi connectivity index (χ1n) is 7.77.